The molecule has 9 heteroatoms. The molecule has 2 heterocycles. The van der Waals surface area contributed by atoms with Crippen LogP contribution < -0.4 is 9.64 Å². The first-order valence-electron chi connectivity index (χ1n) is 11.5. The Bertz CT molecular complexity index is 1530. The molecule has 5 rings (SSSR count). The summed E-state index contributed by atoms with van der Waals surface area (Å²) in [6.07, 6.45) is 0. The topological polar surface area (TPSA) is 92.6 Å². The van der Waals surface area contributed by atoms with E-state index in [1.54, 1.807) is 55.5 Å². The lowest BCUT2D eigenvalue weighted by molar-refractivity contribution is -0.132. The molecule has 0 aliphatic carbocycles. The number of aliphatic hydroxyl groups is 1. The molecule has 1 saturated heterocycles. The smallest absolute Gasteiger partial charge is 0.301 e. The van der Waals surface area contributed by atoms with Gasteiger partial charge in [-0.3, -0.25) is 14.5 Å². The molecule has 3 aromatic carbocycles. The second-order valence-corrected chi connectivity index (χ2v) is 10.2. The minimum atomic E-state index is -0.914. The molecular weight excluding hydrogens is 510 g/mol. The lowest BCUT2D eigenvalue weighted by atomic mass is 9.95. The Morgan fingerprint density at radius 2 is 1.78 bits per heavy atom. The average Bonchev–Trinajstić information content (AvgIpc) is 3.43. The molecule has 0 spiro atoms. The summed E-state index contributed by atoms with van der Waals surface area (Å²) in [5.41, 5.74) is 3.09. The predicted molar refractivity (Wildman–Crippen MR) is 143 cm³/mol. The molecule has 4 aromatic rings. The highest BCUT2D eigenvalue weighted by Gasteiger charge is 2.48. The van der Waals surface area contributed by atoms with Gasteiger partial charge in [-0.05, 0) is 61.4 Å². The minimum absolute atomic E-state index is 0.0476. The summed E-state index contributed by atoms with van der Waals surface area (Å²) < 4.78 is 5.87. The van der Waals surface area contributed by atoms with Crippen LogP contribution in [0.3, 0.4) is 0 Å². The first kappa shape index (κ1) is 24.7. The molecule has 1 amide bonds. The van der Waals surface area contributed by atoms with E-state index in [-0.39, 0.29) is 16.5 Å². The largest absolute Gasteiger partial charge is 0.507 e. The zero-order valence-electron chi connectivity index (χ0n) is 20.0. The molecule has 0 unspecified atom stereocenters. The fourth-order valence-electron chi connectivity index (χ4n) is 4.24. The summed E-state index contributed by atoms with van der Waals surface area (Å²) in [5, 5.41) is 20.7. The number of aliphatic hydroxyl groups excluding tert-OH is 1. The van der Waals surface area contributed by atoms with Gasteiger partial charge >= 0.3 is 5.91 Å². The van der Waals surface area contributed by atoms with Crippen LogP contribution in [0.25, 0.3) is 5.76 Å². The Balaban J connectivity index is 1.50. The number of anilines is 1. The molecule has 0 radical (unpaired) electrons. The maximum absolute atomic E-state index is 13.2. The Hall–Kier alpha value is -4.01. The number of benzene rings is 3. The third kappa shape index (κ3) is 4.98. The molecule has 1 aromatic heterocycles. The third-order valence-corrected chi connectivity index (χ3v) is 7.02. The number of carbonyl (C=O) groups excluding carboxylic acids is 2. The molecule has 0 bridgehead atoms. The molecule has 186 valence electrons. The number of rotatable bonds is 6. The van der Waals surface area contributed by atoms with E-state index in [0.717, 1.165) is 11.1 Å². The van der Waals surface area contributed by atoms with E-state index in [4.69, 9.17) is 16.3 Å². The van der Waals surface area contributed by atoms with Crippen LogP contribution in [-0.4, -0.2) is 27.0 Å². The van der Waals surface area contributed by atoms with Crippen LogP contribution in [0.5, 0.6) is 5.75 Å². The zero-order chi connectivity index (χ0) is 26.1. The average molecular weight is 532 g/mol. The van der Waals surface area contributed by atoms with Crippen LogP contribution in [0.15, 0.2) is 78.4 Å². The number of Topliss-reactive ketones (excluding diaryl/α,β-unsaturated/α-hetero) is 1. The second kappa shape index (κ2) is 10.2. The minimum Gasteiger partial charge on any atom is -0.507 e. The number of aryl methyl sites for hydroxylation is 2. The van der Waals surface area contributed by atoms with Gasteiger partial charge in [0.15, 0.2) is 0 Å². The molecule has 1 fully saturated rings. The van der Waals surface area contributed by atoms with Gasteiger partial charge in [0.25, 0.3) is 5.78 Å². The van der Waals surface area contributed by atoms with Gasteiger partial charge in [0.1, 0.15) is 23.1 Å². The quantitative estimate of drug-likeness (QED) is 0.186. The molecule has 0 saturated carbocycles. The Morgan fingerprint density at radius 1 is 1.03 bits per heavy atom. The van der Waals surface area contributed by atoms with E-state index >= 15 is 0 Å². The van der Waals surface area contributed by atoms with Crippen molar-refractivity contribution in [3.63, 3.8) is 0 Å². The van der Waals surface area contributed by atoms with Crippen molar-refractivity contribution in [3.05, 3.63) is 111 Å². The Morgan fingerprint density at radius 3 is 2.46 bits per heavy atom. The van der Waals surface area contributed by atoms with Crippen molar-refractivity contribution < 1.29 is 19.4 Å². The second-order valence-electron chi connectivity index (χ2n) is 8.63. The summed E-state index contributed by atoms with van der Waals surface area (Å²) in [4.78, 5) is 27.6. The van der Waals surface area contributed by atoms with Gasteiger partial charge < -0.3 is 9.84 Å². The number of nitrogens with zero attached hydrogens (tertiary/aromatic N) is 3. The summed E-state index contributed by atoms with van der Waals surface area (Å²) in [6, 6.07) is 20.7. The van der Waals surface area contributed by atoms with Gasteiger partial charge in [-0.25, -0.2) is 0 Å². The Labute approximate surface area is 222 Å². The van der Waals surface area contributed by atoms with Crippen LogP contribution in [0.1, 0.15) is 33.3 Å². The van der Waals surface area contributed by atoms with Crippen molar-refractivity contribution in [2.45, 2.75) is 26.5 Å². The fourth-order valence-corrected chi connectivity index (χ4v) is 5.15. The maximum Gasteiger partial charge on any atom is 0.301 e. The third-order valence-electron chi connectivity index (χ3n) is 5.95. The van der Waals surface area contributed by atoms with Crippen LogP contribution in [0, 0.1) is 13.8 Å². The fraction of sp³-hybridized carbons (Fsp3) is 0.143. The highest BCUT2D eigenvalue weighted by molar-refractivity contribution is 7.15. The predicted octanol–water partition coefficient (Wildman–Crippen LogP) is 6.01. The van der Waals surface area contributed by atoms with E-state index in [1.165, 1.54) is 16.2 Å². The van der Waals surface area contributed by atoms with Crippen LogP contribution in [0.2, 0.25) is 5.02 Å². The molecule has 1 aliphatic rings. The number of amides is 1. The normalized spacial score (nSPS) is 16.8. The van der Waals surface area contributed by atoms with Crippen molar-refractivity contribution in [3.8, 4) is 5.75 Å². The molecule has 1 N–H and O–H groups in total. The van der Waals surface area contributed by atoms with E-state index in [1.807, 2.05) is 25.1 Å². The van der Waals surface area contributed by atoms with Crippen molar-refractivity contribution in [1.29, 1.82) is 0 Å². The van der Waals surface area contributed by atoms with E-state index in [2.05, 4.69) is 16.3 Å². The molecular formula is C28H22ClN3O4S. The SMILES string of the molecule is Cc1cccc(COc2ccc(C(O)=C3C(=O)C(=O)N(c4nnc(C)s4)[C@@H]3c3cccc(Cl)c3)cc2)c1. The number of hydrogen-bond acceptors (Lipinski definition) is 7. The highest BCUT2D eigenvalue weighted by atomic mass is 35.5. The standard InChI is InChI=1S/C28H22ClN3O4S/c1-16-5-3-6-18(13-16)15-36-22-11-9-19(10-12-22)25(33)23-24(20-7-4-8-21(29)14-20)32(27(35)26(23)34)28-31-30-17(2)37-28/h3-14,24,33H,15H2,1-2H3/t24-/m1/s1. The highest BCUT2D eigenvalue weighted by Crippen LogP contribution is 2.43. The molecule has 1 aliphatic heterocycles. The van der Waals surface area contributed by atoms with Crippen molar-refractivity contribution in [1.82, 2.24) is 10.2 Å². The molecule has 37 heavy (non-hydrogen) atoms. The van der Waals surface area contributed by atoms with Crippen LogP contribution in [-0.2, 0) is 16.2 Å². The Kier molecular flexibility index (Phi) is 6.78. The number of hydrogen-bond donors (Lipinski definition) is 1. The zero-order valence-corrected chi connectivity index (χ0v) is 21.6. The monoisotopic (exact) mass is 531 g/mol. The number of aromatic nitrogens is 2. The summed E-state index contributed by atoms with van der Waals surface area (Å²) in [5.74, 6) is -1.29. The van der Waals surface area contributed by atoms with Gasteiger partial charge in [-0.2, -0.15) is 0 Å². The van der Waals surface area contributed by atoms with Gasteiger partial charge in [0.2, 0.25) is 5.13 Å². The lowest BCUT2D eigenvalue weighted by Crippen LogP contribution is -2.29. The molecule has 7 nitrogen and oxygen atoms in total. The number of ketones is 1. The lowest BCUT2D eigenvalue weighted by Gasteiger charge is -2.22. The van der Waals surface area contributed by atoms with E-state index < -0.39 is 17.7 Å². The van der Waals surface area contributed by atoms with Crippen LogP contribution >= 0.6 is 22.9 Å². The summed E-state index contributed by atoms with van der Waals surface area (Å²) in [7, 11) is 0. The van der Waals surface area contributed by atoms with E-state index in [0.29, 0.717) is 33.5 Å². The molecule has 1 atom stereocenters. The van der Waals surface area contributed by atoms with Gasteiger partial charge in [-0.15, -0.1) is 10.2 Å². The number of carbonyl (C=O) groups is 2. The summed E-state index contributed by atoms with van der Waals surface area (Å²) in [6.45, 7) is 4.18. The van der Waals surface area contributed by atoms with Gasteiger partial charge in [0, 0.05) is 10.6 Å². The number of halogens is 1. The van der Waals surface area contributed by atoms with Crippen molar-refractivity contribution in [2.24, 2.45) is 0 Å². The van der Waals surface area contributed by atoms with Gasteiger partial charge in [-0.1, -0.05) is 64.9 Å². The summed E-state index contributed by atoms with van der Waals surface area (Å²) >= 11 is 7.42. The first-order valence-corrected chi connectivity index (χ1v) is 12.7. The van der Waals surface area contributed by atoms with Gasteiger partial charge in [0.05, 0.1) is 11.6 Å². The van der Waals surface area contributed by atoms with Crippen molar-refractivity contribution in [2.75, 3.05) is 4.90 Å². The van der Waals surface area contributed by atoms with Crippen molar-refractivity contribution >= 4 is 45.5 Å². The first-order chi connectivity index (χ1) is 17.8. The number of ether oxygens (including phenoxy) is 1. The van der Waals surface area contributed by atoms with E-state index in [9.17, 15) is 14.7 Å². The maximum atomic E-state index is 13.2. The van der Waals surface area contributed by atoms with Crippen LogP contribution in [0.4, 0.5) is 5.13 Å².